The summed E-state index contributed by atoms with van der Waals surface area (Å²) in [7, 11) is 0. The average Bonchev–Trinajstić information content (AvgIpc) is 2.61. The first kappa shape index (κ1) is 13.5. The molecule has 1 aromatic rings. The molecule has 0 aliphatic carbocycles. The van der Waals surface area contributed by atoms with Gasteiger partial charge >= 0.3 is 5.69 Å². The van der Waals surface area contributed by atoms with Gasteiger partial charge in [0.2, 0.25) is 0 Å². The predicted octanol–water partition coefficient (Wildman–Crippen LogP) is -1.14. The van der Waals surface area contributed by atoms with Gasteiger partial charge in [-0.2, -0.15) is 0 Å². The number of aliphatic hydroxyl groups is 2. The molecule has 1 aromatic heterocycles. The second kappa shape index (κ2) is 4.96. The minimum absolute atomic E-state index is 0.350. The third kappa shape index (κ3) is 2.16. The standard InChI is InChI=1S/C10H13BrN2O5/c1-4-2-13(10(17)12-8(4)16)9-6(11)7(15)5(3-14)18-9/h2,5-7,9,14-15H,3H2,1H3,(H,12,16,17)/t5-,6+,7-,9-/m0/s1. The normalized spacial score (nSPS) is 31.8. The van der Waals surface area contributed by atoms with Gasteiger partial charge in [0, 0.05) is 11.8 Å². The number of H-pyrrole nitrogens is 1. The Balaban J connectivity index is 2.42. The summed E-state index contributed by atoms with van der Waals surface area (Å²) in [6, 6.07) is 0. The molecule has 0 spiro atoms. The molecule has 100 valence electrons. The number of nitrogens with zero attached hydrogens (tertiary/aromatic N) is 1. The molecule has 1 aliphatic rings. The molecule has 3 N–H and O–H groups in total. The van der Waals surface area contributed by atoms with Gasteiger partial charge in [0.15, 0.2) is 6.23 Å². The van der Waals surface area contributed by atoms with Gasteiger partial charge in [0.05, 0.1) is 17.5 Å². The van der Waals surface area contributed by atoms with Crippen LogP contribution in [0.3, 0.4) is 0 Å². The number of aromatic nitrogens is 2. The van der Waals surface area contributed by atoms with Crippen LogP contribution in [0.1, 0.15) is 11.8 Å². The number of aromatic amines is 1. The Labute approximate surface area is 110 Å². The van der Waals surface area contributed by atoms with E-state index in [-0.39, 0.29) is 6.61 Å². The summed E-state index contributed by atoms with van der Waals surface area (Å²) < 4.78 is 6.58. The van der Waals surface area contributed by atoms with Crippen molar-refractivity contribution in [3.05, 3.63) is 32.6 Å². The molecular weight excluding hydrogens is 308 g/mol. The maximum Gasteiger partial charge on any atom is 0.330 e. The first-order valence-electron chi connectivity index (χ1n) is 5.36. The highest BCUT2D eigenvalue weighted by molar-refractivity contribution is 9.09. The van der Waals surface area contributed by atoms with Crippen LogP contribution in [-0.4, -0.2) is 43.4 Å². The lowest BCUT2D eigenvalue weighted by molar-refractivity contribution is -0.0457. The van der Waals surface area contributed by atoms with E-state index >= 15 is 0 Å². The van der Waals surface area contributed by atoms with Crippen molar-refractivity contribution in [1.82, 2.24) is 9.55 Å². The SMILES string of the molecule is Cc1cn([C@H]2O[C@@H](CO)[C@H](O)[C@H]2Br)c(=O)[nH]c1=O. The zero-order chi connectivity index (χ0) is 13.4. The fourth-order valence-corrected chi connectivity index (χ4v) is 2.57. The molecule has 0 unspecified atom stereocenters. The van der Waals surface area contributed by atoms with Crippen LogP contribution in [-0.2, 0) is 4.74 Å². The quantitative estimate of drug-likeness (QED) is 0.597. The van der Waals surface area contributed by atoms with E-state index in [2.05, 4.69) is 20.9 Å². The Kier molecular flexibility index (Phi) is 3.71. The molecule has 2 heterocycles. The van der Waals surface area contributed by atoms with E-state index in [0.29, 0.717) is 5.56 Å². The number of rotatable bonds is 2. The van der Waals surface area contributed by atoms with E-state index in [4.69, 9.17) is 9.84 Å². The van der Waals surface area contributed by atoms with Crippen LogP contribution >= 0.6 is 15.9 Å². The van der Waals surface area contributed by atoms with E-state index in [9.17, 15) is 14.7 Å². The molecular formula is C10H13BrN2O5. The summed E-state index contributed by atoms with van der Waals surface area (Å²) in [5, 5.41) is 18.8. The van der Waals surface area contributed by atoms with Crippen molar-refractivity contribution >= 4 is 15.9 Å². The van der Waals surface area contributed by atoms with Crippen LogP contribution in [0, 0.1) is 6.92 Å². The zero-order valence-corrected chi connectivity index (χ0v) is 11.1. The van der Waals surface area contributed by atoms with E-state index in [0.717, 1.165) is 0 Å². The van der Waals surface area contributed by atoms with Crippen molar-refractivity contribution in [1.29, 1.82) is 0 Å². The molecule has 7 nitrogen and oxygen atoms in total. The number of aliphatic hydroxyl groups excluding tert-OH is 2. The highest BCUT2D eigenvalue weighted by Gasteiger charge is 2.43. The molecule has 0 bridgehead atoms. The van der Waals surface area contributed by atoms with Crippen molar-refractivity contribution in [3.63, 3.8) is 0 Å². The predicted molar refractivity (Wildman–Crippen MR) is 65.8 cm³/mol. The molecule has 0 radical (unpaired) electrons. The van der Waals surface area contributed by atoms with Crippen LogP contribution in [0.2, 0.25) is 0 Å². The van der Waals surface area contributed by atoms with Crippen molar-refractivity contribution in [2.75, 3.05) is 6.61 Å². The van der Waals surface area contributed by atoms with Gasteiger partial charge in [-0.15, -0.1) is 0 Å². The van der Waals surface area contributed by atoms with Crippen LogP contribution in [0.25, 0.3) is 0 Å². The molecule has 1 aliphatic heterocycles. The van der Waals surface area contributed by atoms with Gasteiger partial charge < -0.3 is 14.9 Å². The van der Waals surface area contributed by atoms with Crippen LogP contribution < -0.4 is 11.2 Å². The fourth-order valence-electron chi connectivity index (χ4n) is 1.85. The molecule has 8 heteroatoms. The fraction of sp³-hybridized carbons (Fsp3) is 0.600. The number of halogens is 1. The van der Waals surface area contributed by atoms with Gasteiger partial charge in [-0.25, -0.2) is 4.79 Å². The van der Waals surface area contributed by atoms with E-state index in [1.807, 2.05) is 0 Å². The first-order valence-corrected chi connectivity index (χ1v) is 6.27. The largest absolute Gasteiger partial charge is 0.394 e. The van der Waals surface area contributed by atoms with Crippen LogP contribution in [0.5, 0.6) is 0 Å². The van der Waals surface area contributed by atoms with Gasteiger partial charge in [-0.3, -0.25) is 14.3 Å². The number of nitrogens with one attached hydrogen (secondary N) is 1. The Bertz CT molecular complexity index is 554. The Hall–Kier alpha value is -0.960. The number of hydrogen-bond donors (Lipinski definition) is 3. The monoisotopic (exact) mass is 320 g/mol. The zero-order valence-electron chi connectivity index (χ0n) is 9.54. The van der Waals surface area contributed by atoms with E-state index in [1.165, 1.54) is 10.8 Å². The highest BCUT2D eigenvalue weighted by Crippen LogP contribution is 2.33. The Morgan fingerprint density at radius 1 is 1.56 bits per heavy atom. The Morgan fingerprint density at radius 3 is 2.78 bits per heavy atom. The summed E-state index contributed by atoms with van der Waals surface area (Å²) in [6.45, 7) is 1.21. The van der Waals surface area contributed by atoms with Gasteiger partial charge in [-0.05, 0) is 6.92 Å². The van der Waals surface area contributed by atoms with Gasteiger partial charge in [0.25, 0.3) is 5.56 Å². The van der Waals surface area contributed by atoms with E-state index in [1.54, 1.807) is 6.92 Å². The lowest BCUT2D eigenvalue weighted by Crippen LogP contribution is -2.36. The number of hydrogen-bond acceptors (Lipinski definition) is 5. The number of aryl methyl sites for hydroxylation is 1. The molecule has 0 aromatic carbocycles. The minimum Gasteiger partial charge on any atom is -0.394 e. The van der Waals surface area contributed by atoms with Gasteiger partial charge in [0.1, 0.15) is 6.10 Å². The maximum absolute atomic E-state index is 11.7. The molecule has 0 saturated carbocycles. The van der Waals surface area contributed by atoms with Crippen molar-refractivity contribution in [2.45, 2.75) is 30.2 Å². The van der Waals surface area contributed by atoms with Crippen molar-refractivity contribution in [2.24, 2.45) is 0 Å². The first-order chi connectivity index (χ1) is 8.45. The summed E-state index contributed by atoms with van der Waals surface area (Å²) in [5.74, 6) is 0. The molecule has 1 saturated heterocycles. The topological polar surface area (TPSA) is 105 Å². The van der Waals surface area contributed by atoms with Gasteiger partial charge in [-0.1, -0.05) is 15.9 Å². The third-order valence-electron chi connectivity index (χ3n) is 2.89. The van der Waals surface area contributed by atoms with Crippen molar-refractivity contribution in [3.8, 4) is 0 Å². The molecule has 0 amide bonds. The minimum atomic E-state index is -0.931. The van der Waals surface area contributed by atoms with Crippen LogP contribution in [0.4, 0.5) is 0 Å². The van der Waals surface area contributed by atoms with Crippen molar-refractivity contribution < 1.29 is 14.9 Å². The molecule has 4 atom stereocenters. The van der Waals surface area contributed by atoms with E-state index < -0.39 is 34.5 Å². The second-order valence-electron chi connectivity index (χ2n) is 4.16. The molecule has 1 fully saturated rings. The Morgan fingerprint density at radius 2 is 2.22 bits per heavy atom. The summed E-state index contributed by atoms with van der Waals surface area (Å²) in [5.41, 5.74) is -0.717. The summed E-state index contributed by atoms with van der Waals surface area (Å²) in [6.07, 6.45) is -1.11. The molecule has 18 heavy (non-hydrogen) atoms. The highest BCUT2D eigenvalue weighted by atomic mass is 79.9. The lowest BCUT2D eigenvalue weighted by Gasteiger charge is -2.17. The second-order valence-corrected chi connectivity index (χ2v) is 5.22. The third-order valence-corrected chi connectivity index (χ3v) is 3.89. The molecule has 2 rings (SSSR count). The smallest absolute Gasteiger partial charge is 0.330 e. The lowest BCUT2D eigenvalue weighted by atomic mass is 10.2. The number of alkyl halides is 1. The summed E-state index contributed by atoms with van der Waals surface area (Å²) >= 11 is 3.23. The van der Waals surface area contributed by atoms with Crippen LogP contribution in [0.15, 0.2) is 15.8 Å². The summed E-state index contributed by atoms with van der Waals surface area (Å²) in [4.78, 5) is 24.6. The maximum atomic E-state index is 11.7. The average molecular weight is 321 g/mol. The number of ether oxygens (including phenoxy) is 1.